The first-order valence-electron chi connectivity index (χ1n) is 25.6. The molecular weight excluding hydrogens is 811 g/mol. The SMILES string of the molecule is CCCCCCCCCCC/C=C/C(O)C(COC1OC(CO)C(O)C(OS(=O)(=O)O)C1O)NC(=O)CCCCCCCCCCCCCCCCCCCCCCCCCC. The Labute approximate surface area is 379 Å². The molecule has 0 radical (unpaired) electrons. The van der Waals surface area contributed by atoms with Gasteiger partial charge >= 0.3 is 10.4 Å². The first-order chi connectivity index (χ1) is 30.0. The molecule has 1 aliphatic heterocycles. The first-order valence-corrected chi connectivity index (χ1v) is 26.9. The van der Waals surface area contributed by atoms with Gasteiger partial charge in [-0.3, -0.25) is 9.35 Å². The lowest BCUT2D eigenvalue weighted by molar-refractivity contribution is -0.298. The number of nitrogens with one attached hydrogen (secondary N) is 1. The maximum atomic E-state index is 13.0. The van der Waals surface area contributed by atoms with Crippen LogP contribution in [0.15, 0.2) is 12.2 Å². The van der Waals surface area contributed by atoms with E-state index in [1.54, 1.807) is 6.08 Å². The summed E-state index contributed by atoms with van der Waals surface area (Å²) < 4.78 is 47.6. The summed E-state index contributed by atoms with van der Waals surface area (Å²) in [5.74, 6) is -0.259. The lowest BCUT2D eigenvalue weighted by Gasteiger charge is -2.41. The molecule has 13 heteroatoms. The summed E-state index contributed by atoms with van der Waals surface area (Å²) in [7, 11) is -5.08. The Hall–Kier alpha value is -1.16. The average molecular weight is 906 g/mol. The molecule has 1 amide bonds. The molecule has 6 N–H and O–H groups in total. The second-order valence-corrected chi connectivity index (χ2v) is 19.2. The molecule has 1 aliphatic rings. The van der Waals surface area contributed by atoms with Crippen molar-refractivity contribution in [3.8, 4) is 0 Å². The monoisotopic (exact) mass is 906 g/mol. The van der Waals surface area contributed by atoms with Crippen molar-refractivity contribution in [2.75, 3.05) is 13.2 Å². The predicted molar refractivity (Wildman–Crippen MR) is 250 cm³/mol. The van der Waals surface area contributed by atoms with Crippen LogP contribution in [0.3, 0.4) is 0 Å². The van der Waals surface area contributed by atoms with Crippen molar-refractivity contribution in [2.45, 2.75) is 281 Å². The van der Waals surface area contributed by atoms with Gasteiger partial charge in [0, 0.05) is 6.42 Å². The van der Waals surface area contributed by atoms with Crippen molar-refractivity contribution in [1.82, 2.24) is 5.32 Å². The van der Waals surface area contributed by atoms with Gasteiger partial charge in [0.05, 0.1) is 25.4 Å². The Balaban J connectivity index is 2.35. The molecular formula is C49H95NO11S. The summed E-state index contributed by atoms with van der Waals surface area (Å²) in [6.07, 6.45) is 37.0. The molecule has 0 spiro atoms. The Morgan fingerprint density at radius 3 is 1.40 bits per heavy atom. The molecule has 12 nitrogen and oxygen atoms in total. The van der Waals surface area contributed by atoms with E-state index >= 15 is 0 Å². The summed E-state index contributed by atoms with van der Waals surface area (Å²) in [6.45, 7) is 3.39. The molecule has 0 aromatic heterocycles. The van der Waals surface area contributed by atoms with Gasteiger partial charge in [-0.1, -0.05) is 225 Å². The molecule has 0 aromatic rings. The highest BCUT2D eigenvalue weighted by Gasteiger charge is 2.48. The second-order valence-electron chi connectivity index (χ2n) is 18.1. The number of carbonyl (C=O) groups excluding carboxylic acids is 1. The zero-order valence-corrected chi connectivity index (χ0v) is 40.3. The van der Waals surface area contributed by atoms with E-state index in [9.17, 15) is 38.2 Å². The molecule has 7 atom stereocenters. The number of allylic oxidation sites excluding steroid dienone is 1. The van der Waals surface area contributed by atoms with Crippen molar-refractivity contribution in [3.63, 3.8) is 0 Å². The van der Waals surface area contributed by atoms with E-state index in [1.165, 1.54) is 173 Å². The Morgan fingerprint density at radius 2 is 1.02 bits per heavy atom. The molecule has 0 aliphatic carbocycles. The van der Waals surface area contributed by atoms with Crippen LogP contribution in [-0.4, -0.2) is 95.4 Å². The molecule has 0 saturated carbocycles. The number of ether oxygens (including phenoxy) is 2. The van der Waals surface area contributed by atoms with Gasteiger partial charge in [-0.25, -0.2) is 4.18 Å². The smallest absolute Gasteiger partial charge is 0.394 e. The van der Waals surface area contributed by atoms with E-state index in [0.29, 0.717) is 6.42 Å². The molecule has 0 aromatic carbocycles. The number of carbonyl (C=O) groups is 1. The highest BCUT2D eigenvalue weighted by atomic mass is 32.3. The summed E-state index contributed by atoms with van der Waals surface area (Å²) >= 11 is 0. The van der Waals surface area contributed by atoms with E-state index in [2.05, 4.69) is 23.3 Å². The number of rotatable bonds is 44. The fourth-order valence-corrected chi connectivity index (χ4v) is 8.85. The van der Waals surface area contributed by atoms with Crippen LogP contribution in [0.4, 0.5) is 0 Å². The lowest BCUT2D eigenvalue weighted by Crippen LogP contribution is -2.61. The molecule has 1 saturated heterocycles. The molecule has 1 heterocycles. The Kier molecular flexibility index (Phi) is 38.1. The van der Waals surface area contributed by atoms with Gasteiger partial charge in [0.25, 0.3) is 0 Å². The average Bonchev–Trinajstić information content (AvgIpc) is 3.24. The number of aliphatic hydroxyl groups is 4. The van der Waals surface area contributed by atoms with Crippen molar-refractivity contribution in [2.24, 2.45) is 0 Å². The highest BCUT2D eigenvalue weighted by Crippen LogP contribution is 2.26. The van der Waals surface area contributed by atoms with E-state index in [-0.39, 0.29) is 18.9 Å². The largest absolute Gasteiger partial charge is 0.397 e. The minimum atomic E-state index is -5.08. The maximum absolute atomic E-state index is 13.0. The topological polar surface area (TPSA) is 192 Å². The van der Waals surface area contributed by atoms with E-state index in [1.807, 2.05) is 6.08 Å². The van der Waals surface area contributed by atoms with Crippen LogP contribution in [0.1, 0.15) is 239 Å². The number of aliphatic hydroxyl groups excluding tert-OH is 4. The minimum Gasteiger partial charge on any atom is -0.394 e. The summed E-state index contributed by atoms with van der Waals surface area (Å²) in [4.78, 5) is 13.0. The zero-order valence-electron chi connectivity index (χ0n) is 39.5. The summed E-state index contributed by atoms with van der Waals surface area (Å²) in [5, 5.41) is 44.7. The van der Waals surface area contributed by atoms with Gasteiger partial charge in [-0.2, -0.15) is 8.42 Å². The number of amides is 1. The third-order valence-corrected chi connectivity index (χ3v) is 12.8. The summed E-state index contributed by atoms with van der Waals surface area (Å²) in [6, 6.07) is -0.938. The van der Waals surface area contributed by atoms with Crippen LogP contribution in [0.25, 0.3) is 0 Å². The Bertz CT molecular complexity index is 1160. The zero-order chi connectivity index (χ0) is 45.5. The fourth-order valence-electron chi connectivity index (χ4n) is 8.34. The second kappa shape index (κ2) is 40.1. The fraction of sp³-hybridized carbons (Fsp3) is 0.939. The molecule has 1 rings (SSSR count). The van der Waals surface area contributed by atoms with Crippen molar-refractivity contribution >= 4 is 16.3 Å². The Morgan fingerprint density at radius 1 is 0.629 bits per heavy atom. The van der Waals surface area contributed by atoms with Gasteiger partial charge in [0.15, 0.2) is 6.29 Å². The molecule has 368 valence electrons. The van der Waals surface area contributed by atoms with Crippen LogP contribution in [0.5, 0.6) is 0 Å². The number of hydrogen-bond acceptors (Lipinski definition) is 10. The van der Waals surface area contributed by atoms with Crippen molar-refractivity contribution in [3.05, 3.63) is 12.2 Å². The van der Waals surface area contributed by atoms with Crippen LogP contribution >= 0.6 is 0 Å². The normalized spacial score (nSPS) is 20.5. The van der Waals surface area contributed by atoms with Crippen molar-refractivity contribution in [1.29, 1.82) is 0 Å². The van der Waals surface area contributed by atoms with Crippen molar-refractivity contribution < 1.29 is 51.8 Å². The maximum Gasteiger partial charge on any atom is 0.397 e. The van der Waals surface area contributed by atoms with Crippen LogP contribution < -0.4 is 5.32 Å². The van der Waals surface area contributed by atoms with Crippen LogP contribution in [0.2, 0.25) is 0 Å². The molecule has 7 unspecified atom stereocenters. The van der Waals surface area contributed by atoms with Gasteiger partial charge in [-0.15, -0.1) is 0 Å². The lowest BCUT2D eigenvalue weighted by atomic mass is 9.99. The molecule has 0 bridgehead atoms. The van der Waals surface area contributed by atoms with E-state index in [0.717, 1.165) is 38.5 Å². The van der Waals surface area contributed by atoms with E-state index in [4.69, 9.17) is 9.47 Å². The first kappa shape index (κ1) is 58.9. The summed E-state index contributed by atoms with van der Waals surface area (Å²) in [5.41, 5.74) is 0. The minimum absolute atomic E-state index is 0.259. The highest BCUT2D eigenvalue weighted by molar-refractivity contribution is 7.80. The third kappa shape index (κ3) is 32.5. The number of unbranched alkanes of at least 4 members (excludes halogenated alkanes) is 32. The van der Waals surface area contributed by atoms with Gasteiger partial charge in [0.1, 0.15) is 24.4 Å². The molecule has 1 fully saturated rings. The van der Waals surface area contributed by atoms with Gasteiger partial charge in [-0.05, 0) is 19.3 Å². The van der Waals surface area contributed by atoms with Gasteiger partial charge < -0.3 is 35.2 Å². The van der Waals surface area contributed by atoms with Crippen LogP contribution in [0, 0.1) is 0 Å². The number of hydrogen-bond donors (Lipinski definition) is 6. The standard InChI is InChI=1S/C49H95NO11S/c1-3-5-7-9-11-13-15-16-17-18-19-20-21-22-23-24-25-26-27-29-31-33-35-37-39-45(53)50-42(43(52)38-36-34-32-30-28-14-12-10-8-6-4-2)41-59-49-47(55)48(61-62(56,57)58)46(54)44(40-51)60-49/h36,38,42-44,46-49,51-52,54-55H,3-35,37,39-41H2,1-2H3,(H,50,53)(H,56,57,58)/b38-36+. The van der Waals surface area contributed by atoms with Gasteiger partial charge in [0.2, 0.25) is 5.91 Å². The van der Waals surface area contributed by atoms with E-state index < -0.39 is 59.9 Å². The molecule has 62 heavy (non-hydrogen) atoms. The third-order valence-electron chi connectivity index (χ3n) is 12.3. The predicted octanol–water partition coefficient (Wildman–Crippen LogP) is 10.7. The van der Waals surface area contributed by atoms with Crippen LogP contribution in [-0.2, 0) is 28.9 Å². The quantitative estimate of drug-likeness (QED) is 0.0194.